The molecule has 0 spiro atoms. The normalized spacial score (nSPS) is 13.2. The summed E-state index contributed by atoms with van der Waals surface area (Å²) < 4.78 is 26.8. The van der Waals surface area contributed by atoms with Crippen LogP contribution in [0.2, 0.25) is 0 Å². The van der Waals surface area contributed by atoms with Crippen LogP contribution in [0.4, 0.5) is 0 Å². The third kappa shape index (κ3) is 4.45. The van der Waals surface area contributed by atoms with Gasteiger partial charge in [-0.1, -0.05) is 24.3 Å². The summed E-state index contributed by atoms with van der Waals surface area (Å²) in [5.41, 5.74) is 2.39. The van der Waals surface area contributed by atoms with Gasteiger partial charge >= 0.3 is 0 Å². The first-order valence-electron chi connectivity index (χ1n) is 11.1. The molecule has 1 aliphatic rings. The van der Waals surface area contributed by atoms with Gasteiger partial charge in [0.2, 0.25) is 0 Å². The molecule has 0 bridgehead atoms. The van der Waals surface area contributed by atoms with Crippen molar-refractivity contribution in [3.63, 3.8) is 0 Å². The lowest BCUT2D eigenvalue weighted by Crippen LogP contribution is -2.31. The summed E-state index contributed by atoms with van der Waals surface area (Å²) in [5.74, 6) is 1.79. The number of rotatable bonds is 9. The number of carbonyl (C=O) groups excluding carboxylic acids is 2. The third-order valence-electron chi connectivity index (χ3n) is 6.01. The average Bonchev–Trinajstić information content (AvgIpc) is 3.17. The number of imide groups is 1. The van der Waals surface area contributed by atoms with Crippen LogP contribution in [-0.2, 0) is 16.1 Å². The lowest BCUT2D eigenvalue weighted by Gasteiger charge is -2.16. The van der Waals surface area contributed by atoms with E-state index < -0.39 is 11.8 Å². The minimum atomic E-state index is -0.409. The van der Waals surface area contributed by atoms with Gasteiger partial charge in [-0.2, -0.15) is 0 Å². The molecule has 0 fully saturated rings. The summed E-state index contributed by atoms with van der Waals surface area (Å²) in [7, 11) is 7.68. The number of ether oxygens (including phenoxy) is 5. The summed E-state index contributed by atoms with van der Waals surface area (Å²) >= 11 is 0. The molecule has 3 aromatic carbocycles. The van der Waals surface area contributed by atoms with E-state index >= 15 is 0 Å². The number of amides is 2. The van der Waals surface area contributed by atoms with Gasteiger partial charge in [-0.15, -0.1) is 0 Å². The van der Waals surface area contributed by atoms with Gasteiger partial charge in [0.1, 0.15) is 5.75 Å². The Kier molecular flexibility index (Phi) is 7.15. The Labute approximate surface area is 209 Å². The minimum absolute atomic E-state index is 0.106. The fourth-order valence-corrected chi connectivity index (χ4v) is 4.15. The summed E-state index contributed by atoms with van der Waals surface area (Å²) in [6, 6.07) is 17.5. The van der Waals surface area contributed by atoms with Crippen LogP contribution in [0.25, 0.3) is 11.1 Å². The van der Waals surface area contributed by atoms with Crippen molar-refractivity contribution < 1.29 is 33.3 Å². The number of hydrogen-bond donors (Lipinski definition) is 0. The Hall–Kier alpha value is -4.46. The molecule has 0 N–H and O–H groups in total. The number of methoxy groups -OCH3 is 5. The summed E-state index contributed by atoms with van der Waals surface area (Å²) in [4.78, 5) is 28.7. The van der Waals surface area contributed by atoms with Gasteiger partial charge in [0.15, 0.2) is 23.0 Å². The SMILES string of the molecule is COc1ccc(CN2C(=O)C(c3ccc(OC)c(OC)c3)=C(c3ccc(OC)c(OC)c3)C2=O)cc1. The second kappa shape index (κ2) is 10.4. The maximum absolute atomic E-state index is 13.8. The van der Waals surface area contributed by atoms with E-state index in [1.807, 2.05) is 12.1 Å². The van der Waals surface area contributed by atoms with Crippen LogP contribution in [-0.4, -0.2) is 52.3 Å². The molecule has 0 saturated carbocycles. The molecule has 0 unspecified atom stereocenters. The summed E-state index contributed by atoms with van der Waals surface area (Å²) in [5, 5.41) is 0. The highest BCUT2D eigenvalue weighted by molar-refractivity contribution is 6.49. The highest BCUT2D eigenvalue weighted by Crippen LogP contribution is 2.41. The van der Waals surface area contributed by atoms with E-state index in [1.165, 1.54) is 33.3 Å². The zero-order valence-corrected chi connectivity index (χ0v) is 20.8. The third-order valence-corrected chi connectivity index (χ3v) is 6.01. The Bertz CT molecular complexity index is 1250. The van der Waals surface area contributed by atoms with E-state index in [-0.39, 0.29) is 17.7 Å². The lowest BCUT2D eigenvalue weighted by atomic mass is 9.95. The van der Waals surface area contributed by atoms with Crippen LogP contribution in [0.5, 0.6) is 28.7 Å². The molecule has 1 heterocycles. The fraction of sp³-hybridized carbons (Fsp3) is 0.214. The first kappa shape index (κ1) is 24.7. The molecule has 0 aliphatic carbocycles. The molecule has 0 aromatic heterocycles. The van der Waals surface area contributed by atoms with E-state index in [9.17, 15) is 9.59 Å². The number of nitrogens with zero attached hydrogens (tertiary/aromatic N) is 1. The first-order valence-corrected chi connectivity index (χ1v) is 11.1. The van der Waals surface area contributed by atoms with Gasteiger partial charge in [0.05, 0.1) is 53.2 Å². The van der Waals surface area contributed by atoms with Crippen molar-refractivity contribution in [3.05, 3.63) is 77.4 Å². The summed E-state index contributed by atoms with van der Waals surface area (Å²) in [6.45, 7) is 0.106. The molecule has 0 radical (unpaired) electrons. The summed E-state index contributed by atoms with van der Waals surface area (Å²) in [6.07, 6.45) is 0. The molecule has 4 rings (SSSR count). The van der Waals surface area contributed by atoms with Crippen molar-refractivity contribution in [2.24, 2.45) is 0 Å². The van der Waals surface area contributed by atoms with E-state index in [4.69, 9.17) is 23.7 Å². The van der Waals surface area contributed by atoms with Crippen molar-refractivity contribution in [3.8, 4) is 28.7 Å². The first-order chi connectivity index (χ1) is 17.4. The second-order valence-corrected chi connectivity index (χ2v) is 7.93. The lowest BCUT2D eigenvalue weighted by molar-refractivity contribution is -0.136. The van der Waals surface area contributed by atoms with Crippen LogP contribution in [0.1, 0.15) is 16.7 Å². The Balaban J connectivity index is 1.85. The van der Waals surface area contributed by atoms with Gasteiger partial charge < -0.3 is 23.7 Å². The van der Waals surface area contributed by atoms with E-state index in [2.05, 4.69) is 0 Å². The predicted molar refractivity (Wildman–Crippen MR) is 134 cm³/mol. The minimum Gasteiger partial charge on any atom is -0.497 e. The Morgan fingerprint density at radius 3 is 1.39 bits per heavy atom. The monoisotopic (exact) mass is 489 g/mol. The number of carbonyl (C=O) groups is 2. The van der Waals surface area contributed by atoms with Gasteiger partial charge in [0, 0.05) is 0 Å². The molecule has 8 nitrogen and oxygen atoms in total. The molecule has 2 amide bonds. The smallest absolute Gasteiger partial charge is 0.262 e. The van der Waals surface area contributed by atoms with E-state index in [1.54, 1.807) is 55.6 Å². The molecule has 186 valence electrons. The van der Waals surface area contributed by atoms with Crippen molar-refractivity contribution in [2.75, 3.05) is 35.5 Å². The van der Waals surface area contributed by atoms with Gasteiger partial charge in [-0.3, -0.25) is 14.5 Å². The van der Waals surface area contributed by atoms with E-state index in [0.29, 0.717) is 39.9 Å². The molecule has 0 saturated heterocycles. The van der Waals surface area contributed by atoms with Crippen molar-refractivity contribution >= 4 is 23.0 Å². The second-order valence-electron chi connectivity index (χ2n) is 7.93. The van der Waals surface area contributed by atoms with Gasteiger partial charge in [0.25, 0.3) is 11.8 Å². The maximum Gasteiger partial charge on any atom is 0.262 e. The van der Waals surface area contributed by atoms with Crippen LogP contribution in [0.15, 0.2) is 60.7 Å². The molecule has 3 aromatic rings. The fourth-order valence-electron chi connectivity index (χ4n) is 4.15. The van der Waals surface area contributed by atoms with Crippen LogP contribution in [0.3, 0.4) is 0 Å². The highest BCUT2D eigenvalue weighted by atomic mass is 16.5. The van der Waals surface area contributed by atoms with Crippen molar-refractivity contribution in [1.29, 1.82) is 0 Å². The Morgan fingerprint density at radius 2 is 1.00 bits per heavy atom. The standard InChI is InChI=1S/C28H27NO7/c1-32-20-10-6-17(7-11-20)16-29-27(30)25(18-8-12-21(33-2)23(14-18)35-4)26(28(29)31)19-9-13-22(34-3)24(15-19)36-5/h6-15H,16H2,1-5H3. The molecule has 1 aliphatic heterocycles. The average molecular weight is 490 g/mol. The molecule has 8 heteroatoms. The van der Waals surface area contributed by atoms with E-state index in [0.717, 1.165) is 5.56 Å². The highest BCUT2D eigenvalue weighted by Gasteiger charge is 2.40. The van der Waals surface area contributed by atoms with Crippen molar-refractivity contribution in [2.45, 2.75) is 6.54 Å². The van der Waals surface area contributed by atoms with Crippen LogP contribution in [0, 0.1) is 0 Å². The molecular formula is C28H27NO7. The number of benzene rings is 3. The zero-order chi connectivity index (χ0) is 25.8. The molecular weight excluding hydrogens is 462 g/mol. The Morgan fingerprint density at radius 1 is 0.556 bits per heavy atom. The predicted octanol–water partition coefficient (Wildman–Crippen LogP) is 4.21. The van der Waals surface area contributed by atoms with Crippen LogP contribution < -0.4 is 23.7 Å². The van der Waals surface area contributed by atoms with Crippen molar-refractivity contribution in [1.82, 2.24) is 4.90 Å². The molecule has 36 heavy (non-hydrogen) atoms. The topological polar surface area (TPSA) is 83.5 Å². The zero-order valence-electron chi connectivity index (χ0n) is 20.8. The van der Waals surface area contributed by atoms with Crippen LogP contribution >= 0.6 is 0 Å². The maximum atomic E-state index is 13.8. The largest absolute Gasteiger partial charge is 0.497 e. The quantitative estimate of drug-likeness (QED) is 0.417. The molecule has 0 atom stereocenters. The van der Waals surface area contributed by atoms with Gasteiger partial charge in [-0.05, 0) is 53.1 Å². The number of hydrogen-bond acceptors (Lipinski definition) is 7. The van der Waals surface area contributed by atoms with Gasteiger partial charge in [-0.25, -0.2) is 0 Å².